The number of thioether (sulfide) groups is 1. The van der Waals surface area contributed by atoms with Crippen molar-refractivity contribution >= 4 is 35.0 Å². The second-order valence-electron chi connectivity index (χ2n) is 4.80. The Bertz CT molecular complexity index is 780. The molecular formula is C16H13Cl2N3OS. The van der Waals surface area contributed by atoms with E-state index in [1.165, 1.54) is 0 Å². The number of aryl methyl sites for hydroxylation is 1. The molecule has 7 heteroatoms. The average molecular weight is 366 g/mol. The van der Waals surface area contributed by atoms with Gasteiger partial charge in [-0.3, -0.25) is 4.98 Å². The van der Waals surface area contributed by atoms with E-state index in [0.29, 0.717) is 21.8 Å². The van der Waals surface area contributed by atoms with Crippen molar-refractivity contribution in [3.63, 3.8) is 0 Å². The van der Waals surface area contributed by atoms with Crippen molar-refractivity contribution in [2.75, 3.05) is 5.75 Å². The van der Waals surface area contributed by atoms with E-state index in [1.807, 2.05) is 30.3 Å². The van der Waals surface area contributed by atoms with Gasteiger partial charge in [-0.2, -0.15) is 16.7 Å². The number of nitrogens with zero attached hydrogens (tertiary/aromatic N) is 3. The van der Waals surface area contributed by atoms with E-state index in [9.17, 15) is 0 Å². The molecule has 2 aromatic heterocycles. The Labute approximate surface area is 148 Å². The number of rotatable bonds is 6. The molecule has 23 heavy (non-hydrogen) atoms. The Morgan fingerprint density at radius 2 is 2.04 bits per heavy atom. The molecular weight excluding hydrogens is 353 g/mol. The van der Waals surface area contributed by atoms with Crippen LogP contribution in [0.15, 0.2) is 47.2 Å². The zero-order valence-electron chi connectivity index (χ0n) is 12.1. The lowest BCUT2D eigenvalue weighted by molar-refractivity contribution is 0.383. The number of hydrogen-bond acceptors (Lipinski definition) is 5. The van der Waals surface area contributed by atoms with Gasteiger partial charge in [-0.1, -0.05) is 34.4 Å². The molecule has 1 aromatic carbocycles. The summed E-state index contributed by atoms with van der Waals surface area (Å²) < 4.78 is 5.27. The second-order valence-corrected chi connectivity index (χ2v) is 6.72. The Balaban J connectivity index is 1.49. The fourth-order valence-corrected chi connectivity index (χ4v) is 3.15. The highest BCUT2D eigenvalue weighted by molar-refractivity contribution is 7.98. The third kappa shape index (κ3) is 4.47. The zero-order chi connectivity index (χ0) is 16.1. The van der Waals surface area contributed by atoms with Crippen molar-refractivity contribution in [2.24, 2.45) is 0 Å². The average Bonchev–Trinajstić information content (AvgIpc) is 3.05. The molecule has 3 aromatic rings. The summed E-state index contributed by atoms with van der Waals surface area (Å²) in [5.74, 6) is 2.95. The van der Waals surface area contributed by atoms with Crippen molar-refractivity contribution in [1.29, 1.82) is 0 Å². The number of pyridine rings is 1. The summed E-state index contributed by atoms with van der Waals surface area (Å²) in [7, 11) is 0. The van der Waals surface area contributed by atoms with E-state index in [2.05, 4.69) is 15.1 Å². The number of benzene rings is 1. The maximum absolute atomic E-state index is 6.00. The molecule has 4 nitrogen and oxygen atoms in total. The topological polar surface area (TPSA) is 51.8 Å². The first-order valence-corrected chi connectivity index (χ1v) is 8.88. The van der Waals surface area contributed by atoms with Gasteiger partial charge in [-0.15, -0.1) is 0 Å². The molecule has 0 aliphatic rings. The standard InChI is InChI=1S/C16H13Cl2N3OS/c17-13-4-3-11(8-14(13)18)10-23-7-5-15-20-16(21-22-15)12-2-1-6-19-9-12/h1-4,6,8-9H,5,7,10H2. The maximum Gasteiger partial charge on any atom is 0.227 e. The molecule has 0 N–H and O–H groups in total. The van der Waals surface area contributed by atoms with Gasteiger partial charge in [-0.25, -0.2) is 0 Å². The molecule has 0 fully saturated rings. The van der Waals surface area contributed by atoms with Crippen molar-refractivity contribution in [3.05, 3.63) is 64.2 Å². The van der Waals surface area contributed by atoms with Gasteiger partial charge in [0.05, 0.1) is 10.0 Å². The van der Waals surface area contributed by atoms with Crippen LogP contribution in [0.5, 0.6) is 0 Å². The van der Waals surface area contributed by atoms with E-state index in [-0.39, 0.29) is 0 Å². The van der Waals surface area contributed by atoms with Crippen LogP contribution in [0.25, 0.3) is 11.4 Å². The molecule has 0 amide bonds. The Hall–Kier alpha value is -1.56. The lowest BCUT2D eigenvalue weighted by atomic mass is 10.2. The highest BCUT2D eigenvalue weighted by Gasteiger charge is 2.08. The maximum atomic E-state index is 6.00. The summed E-state index contributed by atoms with van der Waals surface area (Å²) in [6.07, 6.45) is 4.15. The molecule has 0 unspecified atom stereocenters. The molecule has 0 aliphatic heterocycles. The van der Waals surface area contributed by atoms with Gasteiger partial charge in [0.25, 0.3) is 0 Å². The molecule has 0 saturated heterocycles. The molecule has 0 atom stereocenters. The van der Waals surface area contributed by atoms with E-state index >= 15 is 0 Å². The Kier molecular flexibility index (Phi) is 5.54. The monoisotopic (exact) mass is 365 g/mol. The molecule has 0 radical (unpaired) electrons. The molecule has 0 spiro atoms. The van der Waals surface area contributed by atoms with Gasteiger partial charge in [0.2, 0.25) is 11.7 Å². The molecule has 2 heterocycles. The van der Waals surface area contributed by atoms with Crippen molar-refractivity contribution in [1.82, 2.24) is 15.1 Å². The first-order chi connectivity index (χ1) is 11.2. The first kappa shape index (κ1) is 16.3. The summed E-state index contributed by atoms with van der Waals surface area (Å²) >= 11 is 13.7. The summed E-state index contributed by atoms with van der Waals surface area (Å²) in [5, 5.41) is 5.14. The minimum absolute atomic E-state index is 0.572. The van der Waals surface area contributed by atoms with Gasteiger partial charge >= 0.3 is 0 Å². The fraction of sp³-hybridized carbons (Fsp3) is 0.188. The van der Waals surface area contributed by atoms with Crippen molar-refractivity contribution in [3.8, 4) is 11.4 Å². The summed E-state index contributed by atoms with van der Waals surface area (Å²) in [6.45, 7) is 0. The first-order valence-electron chi connectivity index (χ1n) is 6.97. The molecule has 0 saturated carbocycles. The second kappa shape index (κ2) is 7.81. The predicted molar refractivity (Wildman–Crippen MR) is 93.9 cm³/mol. The Morgan fingerprint density at radius 3 is 2.83 bits per heavy atom. The largest absolute Gasteiger partial charge is 0.339 e. The van der Waals surface area contributed by atoms with Crippen LogP contribution >= 0.6 is 35.0 Å². The summed E-state index contributed by atoms with van der Waals surface area (Å²) in [4.78, 5) is 8.43. The van der Waals surface area contributed by atoms with Crippen LogP contribution < -0.4 is 0 Å². The fourth-order valence-electron chi connectivity index (χ4n) is 1.95. The van der Waals surface area contributed by atoms with E-state index in [1.54, 1.807) is 24.2 Å². The van der Waals surface area contributed by atoms with E-state index in [4.69, 9.17) is 27.7 Å². The minimum atomic E-state index is 0.572. The van der Waals surface area contributed by atoms with E-state index in [0.717, 1.165) is 29.1 Å². The smallest absolute Gasteiger partial charge is 0.227 e. The van der Waals surface area contributed by atoms with Crippen LogP contribution in [0.2, 0.25) is 10.0 Å². The highest BCUT2D eigenvalue weighted by Crippen LogP contribution is 2.25. The number of hydrogen-bond donors (Lipinski definition) is 0. The molecule has 0 bridgehead atoms. The number of aromatic nitrogens is 3. The summed E-state index contributed by atoms with van der Waals surface area (Å²) in [6, 6.07) is 9.44. The van der Waals surface area contributed by atoms with Gasteiger partial charge in [-0.05, 0) is 29.8 Å². The van der Waals surface area contributed by atoms with Crippen LogP contribution in [0.1, 0.15) is 11.5 Å². The third-order valence-electron chi connectivity index (χ3n) is 3.10. The lowest BCUT2D eigenvalue weighted by Crippen LogP contribution is -1.90. The van der Waals surface area contributed by atoms with Gasteiger partial charge in [0.15, 0.2) is 0 Å². The normalized spacial score (nSPS) is 10.9. The van der Waals surface area contributed by atoms with Crippen LogP contribution in [0.3, 0.4) is 0 Å². The predicted octanol–water partition coefficient (Wildman–Crippen LogP) is 4.91. The molecule has 118 valence electrons. The molecule has 3 rings (SSSR count). The van der Waals surface area contributed by atoms with Gasteiger partial charge in [0, 0.05) is 35.9 Å². The Morgan fingerprint density at radius 1 is 1.13 bits per heavy atom. The quantitative estimate of drug-likeness (QED) is 0.580. The van der Waals surface area contributed by atoms with Crippen LogP contribution in [0, 0.1) is 0 Å². The van der Waals surface area contributed by atoms with Crippen molar-refractivity contribution < 1.29 is 4.52 Å². The van der Waals surface area contributed by atoms with E-state index < -0.39 is 0 Å². The SMILES string of the molecule is Clc1ccc(CSCCc2nc(-c3cccnc3)no2)cc1Cl. The van der Waals surface area contributed by atoms with Gasteiger partial charge < -0.3 is 4.52 Å². The lowest BCUT2D eigenvalue weighted by Gasteiger charge is -2.02. The van der Waals surface area contributed by atoms with Crippen molar-refractivity contribution in [2.45, 2.75) is 12.2 Å². The summed E-state index contributed by atoms with van der Waals surface area (Å²) in [5.41, 5.74) is 2.00. The van der Waals surface area contributed by atoms with Crippen LogP contribution in [-0.4, -0.2) is 20.9 Å². The van der Waals surface area contributed by atoms with Gasteiger partial charge in [0.1, 0.15) is 0 Å². The third-order valence-corrected chi connectivity index (χ3v) is 4.87. The molecule has 0 aliphatic carbocycles. The zero-order valence-corrected chi connectivity index (χ0v) is 14.4. The minimum Gasteiger partial charge on any atom is -0.339 e. The number of halogens is 2. The highest BCUT2D eigenvalue weighted by atomic mass is 35.5. The van der Waals surface area contributed by atoms with Crippen LogP contribution in [0.4, 0.5) is 0 Å². The van der Waals surface area contributed by atoms with Crippen LogP contribution in [-0.2, 0) is 12.2 Å².